The highest BCUT2D eigenvalue weighted by atomic mass is 79.9. The van der Waals surface area contributed by atoms with Crippen LogP contribution >= 0.6 is 27.3 Å². The molecule has 35 heavy (non-hydrogen) atoms. The Hall–Kier alpha value is -3.00. The van der Waals surface area contributed by atoms with Crippen LogP contribution in [-0.2, 0) is 12.6 Å². The topological polar surface area (TPSA) is 38.9 Å². The molecule has 0 aliphatic rings. The Bertz CT molecular complexity index is 1500. The summed E-state index contributed by atoms with van der Waals surface area (Å²) in [7, 11) is 0. The minimum absolute atomic E-state index is 0.0521. The lowest BCUT2D eigenvalue weighted by molar-refractivity contribution is -0.136. The van der Waals surface area contributed by atoms with Gasteiger partial charge in [-0.3, -0.25) is 4.98 Å². The van der Waals surface area contributed by atoms with Crippen LogP contribution in [-0.4, -0.2) is 4.98 Å². The van der Waals surface area contributed by atoms with E-state index in [-0.39, 0.29) is 11.6 Å². The Labute approximate surface area is 213 Å². The highest BCUT2D eigenvalue weighted by molar-refractivity contribution is 9.11. The quantitative estimate of drug-likeness (QED) is 0.238. The van der Waals surface area contributed by atoms with Crippen LogP contribution in [0.4, 0.5) is 13.2 Å². The molecule has 0 amide bonds. The lowest BCUT2D eigenvalue weighted by atomic mass is 9.90. The van der Waals surface area contributed by atoms with Crippen molar-refractivity contribution in [1.29, 1.82) is 0 Å². The van der Waals surface area contributed by atoms with Crippen LogP contribution in [0, 0.1) is 0 Å². The highest BCUT2D eigenvalue weighted by Crippen LogP contribution is 2.40. The number of halogens is 4. The first-order valence-electron chi connectivity index (χ1n) is 10.9. The van der Waals surface area contributed by atoms with Crippen LogP contribution in [0.3, 0.4) is 0 Å². The van der Waals surface area contributed by atoms with E-state index in [4.69, 9.17) is 5.73 Å². The van der Waals surface area contributed by atoms with Crippen molar-refractivity contribution in [3.63, 3.8) is 0 Å². The van der Waals surface area contributed by atoms with Gasteiger partial charge in [0.15, 0.2) is 0 Å². The molecule has 0 fully saturated rings. The maximum atomic E-state index is 13.8. The Balaban J connectivity index is 1.71. The Morgan fingerprint density at radius 1 is 0.914 bits per heavy atom. The van der Waals surface area contributed by atoms with E-state index in [9.17, 15) is 13.2 Å². The van der Waals surface area contributed by atoms with Gasteiger partial charge in [-0.1, -0.05) is 60.7 Å². The second-order valence-corrected chi connectivity index (χ2v) is 10.8. The molecule has 2 N–H and O–H groups in total. The molecule has 0 saturated heterocycles. The summed E-state index contributed by atoms with van der Waals surface area (Å²) in [4.78, 5) is 5.29. The molecule has 0 saturated carbocycles. The van der Waals surface area contributed by atoms with Crippen molar-refractivity contribution < 1.29 is 13.2 Å². The number of hydrogen-bond donors (Lipinski definition) is 1. The Morgan fingerprint density at radius 2 is 1.69 bits per heavy atom. The standard InChI is InChI=1S/C28H20BrF3N2S/c29-24-13-12-23(35-24)26(33)19-9-4-8-18(15-19)25-20(14-17-6-2-1-3-7-17)16-34-27-21(25)10-5-11-22(27)28(30,31)32/h1-13,15-16,26H,14,33H2. The van der Waals surface area contributed by atoms with Crippen molar-refractivity contribution in [3.05, 3.63) is 122 Å². The van der Waals surface area contributed by atoms with E-state index >= 15 is 0 Å². The number of nitrogens with zero attached hydrogens (tertiary/aromatic N) is 1. The highest BCUT2D eigenvalue weighted by Gasteiger charge is 2.33. The van der Waals surface area contributed by atoms with Gasteiger partial charge >= 0.3 is 6.18 Å². The molecule has 0 aliphatic heterocycles. The summed E-state index contributed by atoms with van der Waals surface area (Å²) in [6.45, 7) is 0. The maximum Gasteiger partial charge on any atom is 0.418 e. The lowest BCUT2D eigenvalue weighted by Crippen LogP contribution is -2.10. The zero-order chi connectivity index (χ0) is 24.6. The first-order chi connectivity index (χ1) is 16.8. The van der Waals surface area contributed by atoms with Gasteiger partial charge in [-0.2, -0.15) is 13.2 Å². The van der Waals surface area contributed by atoms with Gasteiger partial charge in [-0.25, -0.2) is 0 Å². The summed E-state index contributed by atoms with van der Waals surface area (Å²) in [5.74, 6) is 0. The summed E-state index contributed by atoms with van der Waals surface area (Å²) < 4.78 is 42.4. The van der Waals surface area contributed by atoms with E-state index in [0.717, 1.165) is 42.5 Å². The molecule has 0 radical (unpaired) electrons. The van der Waals surface area contributed by atoms with Gasteiger partial charge in [0.05, 0.1) is 20.9 Å². The van der Waals surface area contributed by atoms with Gasteiger partial charge < -0.3 is 5.73 Å². The van der Waals surface area contributed by atoms with Crippen LogP contribution in [0.25, 0.3) is 22.0 Å². The molecular weight excluding hydrogens is 533 g/mol. The fourth-order valence-electron chi connectivity index (χ4n) is 4.33. The minimum atomic E-state index is -4.50. The van der Waals surface area contributed by atoms with Gasteiger partial charge in [0.25, 0.3) is 0 Å². The molecule has 2 nitrogen and oxygen atoms in total. The number of pyridine rings is 1. The zero-order valence-electron chi connectivity index (χ0n) is 18.4. The summed E-state index contributed by atoms with van der Waals surface area (Å²) in [5, 5.41) is 0.470. The van der Waals surface area contributed by atoms with E-state index in [2.05, 4.69) is 20.9 Å². The molecule has 5 rings (SSSR count). The molecule has 176 valence electrons. The molecular formula is C28H20BrF3N2S. The van der Waals surface area contributed by atoms with Crippen molar-refractivity contribution in [1.82, 2.24) is 4.98 Å². The lowest BCUT2D eigenvalue weighted by Gasteiger charge is -2.18. The van der Waals surface area contributed by atoms with Gasteiger partial charge in [-0.05, 0) is 74.4 Å². The van der Waals surface area contributed by atoms with Crippen LogP contribution in [0.1, 0.15) is 33.2 Å². The number of alkyl halides is 3. The Morgan fingerprint density at radius 3 is 2.40 bits per heavy atom. The molecule has 1 atom stereocenters. The summed E-state index contributed by atoms with van der Waals surface area (Å²) in [5.41, 5.74) is 10.1. The second kappa shape index (κ2) is 9.57. The first-order valence-corrected chi connectivity index (χ1v) is 12.5. The van der Waals surface area contributed by atoms with Gasteiger partial charge in [0.2, 0.25) is 0 Å². The fraction of sp³-hybridized carbons (Fsp3) is 0.107. The third-order valence-electron chi connectivity index (χ3n) is 5.95. The number of rotatable bonds is 5. The molecule has 0 bridgehead atoms. The van der Waals surface area contributed by atoms with E-state index < -0.39 is 11.7 Å². The van der Waals surface area contributed by atoms with E-state index in [1.807, 2.05) is 66.7 Å². The number of para-hydroxylation sites is 1. The number of hydrogen-bond acceptors (Lipinski definition) is 3. The SMILES string of the molecule is NC(c1cccc(-c2c(Cc3ccccc3)cnc3c(C(F)(F)F)cccc23)c1)c1ccc(Br)s1. The number of thiophene rings is 1. The number of aromatic nitrogens is 1. The predicted molar refractivity (Wildman–Crippen MR) is 139 cm³/mol. The average molecular weight is 553 g/mol. The molecule has 5 aromatic rings. The van der Waals surface area contributed by atoms with Crippen molar-refractivity contribution in [2.75, 3.05) is 0 Å². The minimum Gasteiger partial charge on any atom is -0.320 e. The third-order valence-corrected chi connectivity index (χ3v) is 7.66. The summed E-state index contributed by atoms with van der Waals surface area (Å²) in [6.07, 6.45) is -2.38. The van der Waals surface area contributed by atoms with Crippen molar-refractivity contribution in [3.8, 4) is 11.1 Å². The van der Waals surface area contributed by atoms with Crippen molar-refractivity contribution in [2.45, 2.75) is 18.6 Å². The molecule has 3 aromatic carbocycles. The van der Waals surface area contributed by atoms with E-state index in [1.165, 1.54) is 6.07 Å². The van der Waals surface area contributed by atoms with Gasteiger partial charge in [0, 0.05) is 16.5 Å². The number of fused-ring (bicyclic) bond motifs is 1. The average Bonchev–Trinajstić information content (AvgIpc) is 3.29. The molecule has 2 aromatic heterocycles. The van der Waals surface area contributed by atoms with Crippen LogP contribution in [0.5, 0.6) is 0 Å². The first kappa shape index (κ1) is 23.7. The van der Waals surface area contributed by atoms with Crippen molar-refractivity contribution in [2.24, 2.45) is 5.73 Å². The third kappa shape index (κ3) is 4.89. The fourth-order valence-corrected chi connectivity index (χ4v) is 5.78. The van der Waals surface area contributed by atoms with Crippen LogP contribution in [0.2, 0.25) is 0 Å². The summed E-state index contributed by atoms with van der Waals surface area (Å²) >= 11 is 5.04. The monoisotopic (exact) mass is 552 g/mol. The number of nitrogens with two attached hydrogens (primary N) is 1. The number of benzene rings is 3. The molecule has 7 heteroatoms. The molecule has 1 unspecified atom stereocenters. The van der Waals surface area contributed by atoms with Crippen LogP contribution in [0.15, 0.2) is 94.9 Å². The largest absolute Gasteiger partial charge is 0.418 e. The van der Waals surface area contributed by atoms with Gasteiger partial charge in [0.1, 0.15) is 0 Å². The smallest absolute Gasteiger partial charge is 0.320 e. The maximum absolute atomic E-state index is 13.8. The normalized spacial score (nSPS) is 12.7. The zero-order valence-corrected chi connectivity index (χ0v) is 20.8. The van der Waals surface area contributed by atoms with Crippen LogP contribution < -0.4 is 5.73 Å². The second-order valence-electron chi connectivity index (χ2n) is 8.27. The molecule has 2 heterocycles. The molecule has 0 spiro atoms. The predicted octanol–water partition coefficient (Wildman–Crippen LogP) is 8.38. The van der Waals surface area contributed by atoms with E-state index in [0.29, 0.717) is 11.8 Å². The van der Waals surface area contributed by atoms with Gasteiger partial charge in [-0.15, -0.1) is 11.3 Å². The summed E-state index contributed by atoms with van der Waals surface area (Å²) in [6, 6.07) is 25.4. The Kier molecular flexibility index (Phi) is 6.49. The van der Waals surface area contributed by atoms with E-state index in [1.54, 1.807) is 23.6 Å². The van der Waals surface area contributed by atoms with Crippen molar-refractivity contribution >= 4 is 38.2 Å². The molecule has 0 aliphatic carbocycles.